The summed E-state index contributed by atoms with van der Waals surface area (Å²) < 4.78 is 5.67. The van der Waals surface area contributed by atoms with Gasteiger partial charge in [-0.15, -0.1) is 0 Å². The van der Waals surface area contributed by atoms with Crippen molar-refractivity contribution in [3.8, 4) is 5.75 Å². The zero-order valence-electron chi connectivity index (χ0n) is 16.1. The van der Waals surface area contributed by atoms with Crippen molar-refractivity contribution >= 4 is 17.3 Å². The van der Waals surface area contributed by atoms with Crippen LogP contribution in [0.1, 0.15) is 19.3 Å². The lowest BCUT2D eigenvalue weighted by Gasteiger charge is -2.28. The Balaban J connectivity index is 1.39. The number of piperidine rings is 1. The molecule has 3 rings (SSSR count). The van der Waals surface area contributed by atoms with E-state index < -0.39 is 0 Å². The van der Waals surface area contributed by atoms with Gasteiger partial charge in [0, 0.05) is 31.0 Å². The molecule has 0 unspecified atom stereocenters. The molecule has 0 atom stereocenters. The second-order valence-electron chi connectivity index (χ2n) is 7.04. The molecule has 2 aromatic rings. The van der Waals surface area contributed by atoms with Gasteiger partial charge in [-0.05, 0) is 62.7 Å². The third kappa shape index (κ3) is 6.29. The maximum atomic E-state index is 12.2. The van der Waals surface area contributed by atoms with E-state index in [-0.39, 0.29) is 5.91 Å². The van der Waals surface area contributed by atoms with E-state index in [0.717, 1.165) is 24.5 Å². The van der Waals surface area contributed by atoms with Gasteiger partial charge in [0.05, 0.1) is 6.54 Å². The van der Waals surface area contributed by atoms with Gasteiger partial charge in [0.25, 0.3) is 0 Å². The highest BCUT2D eigenvalue weighted by Crippen LogP contribution is 2.21. The van der Waals surface area contributed by atoms with Crippen molar-refractivity contribution in [2.24, 2.45) is 0 Å². The van der Waals surface area contributed by atoms with Crippen molar-refractivity contribution in [3.63, 3.8) is 0 Å². The molecular formula is C22H29N3O2. The molecule has 1 fully saturated rings. The first-order valence-electron chi connectivity index (χ1n) is 9.72. The highest BCUT2D eigenvalue weighted by Gasteiger charge is 2.11. The summed E-state index contributed by atoms with van der Waals surface area (Å²) in [5.41, 5.74) is 2.08. The number of amides is 1. The number of anilines is 2. The molecule has 0 saturated carbocycles. The number of carbonyl (C=O) groups excluding carboxylic acids is 1. The lowest BCUT2D eigenvalue weighted by atomic mass is 10.1. The van der Waals surface area contributed by atoms with Crippen LogP contribution in [-0.4, -0.2) is 50.6 Å². The van der Waals surface area contributed by atoms with Gasteiger partial charge in [0.2, 0.25) is 5.91 Å². The van der Waals surface area contributed by atoms with Gasteiger partial charge in [0.15, 0.2) is 0 Å². The van der Waals surface area contributed by atoms with E-state index >= 15 is 0 Å². The molecule has 1 saturated heterocycles. The van der Waals surface area contributed by atoms with Crippen molar-refractivity contribution in [3.05, 3.63) is 54.6 Å². The van der Waals surface area contributed by atoms with E-state index in [2.05, 4.69) is 22.3 Å². The summed E-state index contributed by atoms with van der Waals surface area (Å²) in [6.07, 6.45) is 3.85. The molecule has 0 radical (unpaired) electrons. The zero-order valence-corrected chi connectivity index (χ0v) is 16.1. The Morgan fingerprint density at radius 2 is 1.74 bits per heavy atom. The van der Waals surface area contributed by atoms with Crippen molar-refractivity contribution < 1.29 is 9.53 Å². The number of likely N-dealkylation sites (N-methyl/N-ethyl adjacent to an activating group) is 1. The first-order chi connectivity index (χ1) is 13.2. The van der Waals surface area contributed by atoms with Crippen molar-refractivity contribution in [2.75, 3.05) is 50.1 Å². The fourth-order valence-electron chi connectivity index (χ4n) is 3.27. The smallest absolute Gasteiger partial charge is 0.238 e. The van der Waals surface area contributed by atoms with Crippen molar-refractivity contribution in [2.45, 2.75) is 19.3 Å². The topological polar surface area (TPSA) is 44.8 Å². The second kappa shape index (κ2) is 9.97. The molecule has 2 aromatic carbocycles. The Kier molecular flexibility index (Phi) is 7.11. The summed E-state index contributed by atoms with van der Waals surface area (Å²) in [6.45, 7) is 3.84. The quantitative estimate of drug-likeness (QED) is 0.774. The molecular weight excluding hydrogens is 338 g/mol. The number of benzene rings is 2. The highest BCUT2D eigenvalue weighted by atomic mass is 16.5. The largest absolute Gasteiger partial charge is 0.492 e. The van der Waals surface area contributed by atoms with Gasteiger partial charge >= 0.3 is 0 Å². The molecule has 0 bridgehead atoms. The van der Waals surface area contributed by atoms with Crippen LogP contribution in [0.15, 0.2) is 54.6 Å². The predicted molar refractivity (Wildman–Crippen MR) is 111 cm³/mol. The molecule has 1 amide bonds. The number of ether oxygens (including phenoxy) is 1. The fraction of sp³-hybridized carbons (Fsp3) is 0.409. The average molecular weight is 367 g/mol. The third-order valence-corrected chi connectivity index (χ3v) is 4.77. The molecule has 1 aliphatic rings. The summed E-state index contributed by atoms with van der Waals surface area (Å²) in [6, 6.07) is 17.9. The minimum absolute atomic E-state index is 0.0112. The summed E-state index contributed by atoms with van der Waals surface area (Å²) in [5.74, 6) is 0.840. The van der Waals surface area contributed by atoms with Gasteiger partial charge in [-0.25, -0.2) is 0 Å². The number of hydrogen-bond acceptors (Lipinski definition) is 4. The molecule has 0 aromatic heterocycles. The first-order valence-corrected chi connectivity index (χ1v) is 9.72. The van der Waals surface area contributed by atoms with E-state index in [1.54, 1.807) is 0 Å². The predicted octanol–water partition coefficient (Wildman–Crippen LogP) is 3.63. The zero-order chi connectivity index (χ0) is 18.9. The number of para-hydroxylation sites is 1. The van der Waals surface area contributed by atoms with Crippen LogP contribution in [0, 0.1) is 0 Å². The maximum Gasteiger partial charge on any atom is 0.238 e. The van der Waals surface area contributed by atoms with Crippen molar-refractivity contribution in [1.82, 2.24) is 4.90 Å². The first kappa shape index (κ1) is 19.2. The summed E-state index contributed by atoms with van der Waals surface area (Å²) in [7, 11) is 1.92. The number of nitrogens with one attached hydrogen (secondary N) is 1. The number of carbonyl (C=O) groups is 1. The Bertz CT molecular complexity index is 697. The molecule has 27 heavy (non-hydrogen) atoms. The van der Waals surface area contributed by atoms with E-state index in [9.17, 15) is 4.79 Å². The number of nitrogens with zero attached hydrogens (tertiary/aromatic N) is 2. The minimum Gasteiger partial charge on any atom is -0.492 e. The monoisotopic (exact) mass is 367 g/mol. The van der Waals surface area contributed by atoms with Gasteiger partial charge in [-0.2, -0.15) is 0 Å². The fourth-order valence-corrected chi connectivity index (χ4v) is 3.27. The number of hydrogen-bond donors (Lipinski definition) is 1. The van der Waals surface area contributed by atoms with Crippen LogP contribution >= 0.6 is 0 Å². The van der Waals surface area contributed by atoms with Crippen LogP contribution in [0.3, 0.4) is 0 Å². The van der Waals surface area contributed by atoms with E-state index in [1.807, 2.05) is 54.4 Å². The summed E-state index contributed by atoms with van der Waals surface area (Å²) in [4.78, 5) is 16.6. The van der Waals surface area contributed by atoms with Gasteiger partial charge in [-0.1, -0.05) is 18.2 Å². The SMILES string of the molecule is CN(CCOc1ccccc1)CC(=O)Nc1ccc(N2CCCCC2)cc1. The molecule has 0 aliphatic carbocycles. The third-order valence-electron chi connectivity index (χ3n) is 4.77. The molecule has 5 nitrogen and oxygen atoms in total. The molecule has 1 N–H and O–H groups in total. The summed E-state index contributed by atoms with van der Waals surface area (Å²) >= 11 is 0. The molecule has 1 aliphatic heterocycles. The van der Waals surface area contributed by atoms with Crippen molar-refractivity contribution in [1.29, 1.82) is 0 Å². The Hall–Kier alpha value is -2.53. The minimum atomic E-state index is -0.0112. The van der Waals surface area contributed by atoms with Crippen LogP contribution in [0.4, 0.5) is 11.4 Å². The van der Waals surface area contributed by atoms with Gasteiger partial charge in [-0.3, -0.25) is 9.69 Å². The molecule has 0 spiro atoms. The van der Waals surface area contributed by atoms with Crippen LogP contribution in [0.2, 0.25) is 0 Å². The molecule has 1 heterocycles. The highest BCUT2D eigenvalue weighted by molar-refractivity contribution is 5.92. The molecule has 144 valence electrons. The van der Waals surface area contributed by atoms with Gasteiger partial charge in [0.1, 0.15) is 12.4 Å². The Labute approximate surface area is 161 Å². The summed E-state index contributed by atoms with van der Waals surface area (Å²) in [5, 5.41) is 2.97. The standard InChI is InChI=1S/C22H29N3O2/c1-24(16-17-27-21-8-4-2-5-9-21)18-22(26)23-19-10-12-20(13-11-19)25-14-6-3-7-15-25/h2,4-5,8-13H,3,6-7,14-18H2,1H3,(H,23,26). The maximum absolute atomic E-state index is 12.2. The van der Waals surface area contributed by atoms with E-state index in [0.29, 0.717) is 19.7 Å². The lowest BCUT2D eigenvalue weighted by Crippen LogP contribution is -2.33. The van der Waals surface area contributed by atoms with Crippen LogP contribution in [0.5, 0.6) is 5.75 Å². The average Bonchev–Trinajstić information content (AvgIpc) is 2.70. The van der Waals surface area contributed by atoms with E-state index in [1.165, 1.54) is 24.9 Å². The Morgan fingerprint density at radius 3 is 2.44 bits per heavy atom. The van der Waals surface area contributed by atoms with Crippen LogP contribution in [0.25, 0.3) is 0 Å². The Morgan fingerprint density at radius 1 is 1.04 bits per heavy atom. The number of rotatable bonds is 8. The molecule has 5 heteroatoms. The van der Waals surface area contributed by atoms with Crippen LogP contribution < -0.4 is 15.0 Å². The second-order valence-corrected chi connectivity index (χ2v) is 7.04. The van der Waals surface area contributed by atoms with Crippen LogP contribution in [-0.2, 0) is 4.79 Å². The van der Waals surface area contributed by atoms with E-state index in [4.69, 9.17) is 4.74 Å². The lowest BCUT2D eigenvalue weighted by molar-refractivity contribution is -0.117. The van der Waals surface area contributed by atoms with Gasteiger partial charge < -0.3 is 15.0 Å². The normalized spacial score (nSPS) is 14.2.